The lowest BCUT2D eigenvalue weighted by molar-refractivity contribution is 0.354. The van der Waals surface area contributed by atoms with Gasteiger partial charge in [-0.3, -0.25) is 9.36 Å². The molecule has 0 radical (unpaired) electrons. The van der Waals surface area contributed by atoms with Crippen molar-refractivity contribution in [2.24, 2.45) is 4.99 Å². The Morgan fingerprint density at radius 2 is 1.71 bits per heavy atom. The second-order valence-corrected chi connectivity index (χ2v) is 11.0. The van der Waals surface area contributed by atoms with Crippen LogP contribution < -0.4 is 29.1 Å². The van der Waals surface area contributed by atoms with Gasteiger partial charge in [-0.1, -0.05) is 47.7 Å². The van der Waals surface area contributed by atoms with E-state index in [1.807, 2.05) is 53.1 Å². The standard InChI is InChI=1S/C30H25BrN2O4S/c1-35-23-12-8-17(14-22(23)31)15-26-29(34)33-28(19-10-13-24(36-2)25(16-19)37-3)21-11-9-18-6-4-5-7-20(18)27(21)32-30(33)38-26/h4-8,10,12-16,28H,9,11H2,1-3H3/b26-15-/t28-/m0/s1. The number of hydrogen-bond donors (Lipinski definition) is 0. The summed E-state index contributed by atoms with van der Waals surface area (Å²) in [6, 6.07) is 19.8. The highest BCUT2D eigenvalue weighted by Gasteiger charge is 2.33. The quantitative estimate of drug-likeness (QED) is 0.325. The average molecular weight is 590 g/mol. The molecule has 2 aliphatic rings. The fourth-order valence-corrected chi connectivity index (χ4v) is 6.83. The van der Waals surface area contributed by atoms with Crippen LogP contribution in [0.4, 0.5) is 0 Å². The molecule has 0 bridgehead atoms. The number of benzene rings is 3. The number of aromatic nitrogens is 1. The molecule has 0 spiro atoms. The number of thiazole rings is 1. The van der Waals surface area contributed by atoms with E-state index in [1.165, 1.54) is 16.9 Å². The van der Waals surface area contributed by atoms with Gasteiger partial charge < -0.3 is 14.2 Å². The van der Waals surface area contributed by atoms with Crippen LogP contribution in [-0.2, 0) is 6.42 Å². The van der Waals surface area contributed by atoms with E-state index in [2.05, 4.69) is 34.1 Å². The van der Waals surface area contributed by atoms with E-state index in [-0.39, 0.29) is 11.6 Å². The van der Waals surface area contributed by atoms with Gasteiger partial charge in [-0.2, -0.15) is 0 Å². The predicted octanol–water partition coefficient (Wildman–Crippen LogP) is 5.11. The Balaban J connectivity index is 1.60. The molecule has 1 aliphatic heterocycles. The largest absolute Gasteiger partial charge is 0.496 e. The van der Waals surface area contributed by atoms with Gasteiger partial charge in [0.2, 0.25) is 0 Å². The molecule has 0 N–H and O–H groups in total. The van der Waals surface area contributed by atoms with Crippen molar-refractivity contribution in [1.82, 2.24) is 4.57 Å². The van der Waals surface area contributed by atoms with Crippen LogP contribution in [-0.4, -0.2) is 25.9 Å². The summed E-state index contributed by atoms with van der Waals surface area (Å²) in [4.78, 5) is 19.7. The molecule has 6 rings (SSSR count). The maximum absolute atomic E-state index is 14.0. The molecular weight excluding hydrogens is 564 g/mol. The van der Waals surface area contributed by atoms with Gasteiger partial charge in [-0.25, -0.2) is 4.99 Å². The third kappa shape index (κ3) is 4.08. The van der Waals surface area contributed by atoms with E-state index in [0.29, 0.717) is 20.8 Å². The van der Waals surface area contributed by atoms with Crippen LogP contribution in [0.15, 0.2) is 80.5 Å². The first-order valence-corrected chi connectivity index (χ1v) is 13.8. The molecule has 0 amide bonds. The first-order valence-electron chi connectivity index (χ1n) is 12.2. The lowest BCUT2D eigenvalue weighted by Crippen LogP contribution is -2.38. The van der Waals surface area contributed by atoms with Crippen molar-refractivity contribution < 1.29 is 14.2 Å². The fraction of sp³-hybridized carbons (Fsp3) is 0.200. The average Bonchev–Trinajstić information content (AvgIpc) is 3.25. The molecule has 192 valence electrons. The van der Waals surface area contributed by atoms with Gasteiger partial charge in [-0.15, -0.1) is 0 Å². The zero-order valence-electron chi connectivity index (χ0n) is 21.2. The molecule has 8 heteroatoms. The number of nitrogens with zero attached hydrogens (tertiary/aromatic N) is 2. The minimum absolute atomic E-state index is 0.0640. The second-order valence-electron chi connectivity index (χ2n) is 9.12. The Morgan fingerprint density at radius 3 is 2.47 bits per heavy atom. The third-order valence-electron chi connectivity index (χ3n) is 7.07. The molecule has 0 saturated carbocycles. The van der Waals surface area contributed by atoms with Gasteiger partial charge in [0.1, 0.15) is 5.75 Å². The highest BCUT2D eigenvalue weighted by molar-refractivity contribution is 9.10. The third-order valence-corrected chi connectivity index (χ3v) is 8.67. The van der Waals surface area contributed by atoms with Crippen molar-refractivity contribution in [2.75, 3.05) is 21.3 Å². The van der Waals surface area contributed by atoms with E-state index in [1.54, 1.807) is 21.3 Å². The lowest BCUT2D eigenvalue weighted by Gasteiger charge is -2.31. The van der Waals surface area contributed by atoms with Gasteiger partial charge in [-0.05, 0) is 81.4 Å². The molecule has 1 atom stereocenters. The van der Waals surface area contributed by atoms with Crippen molar-refractivity contribution in [3.05, 3.63) is 113 Å². The molecule has 2 heterocycles. The number of rotatable bonds is 5. The summed E-state index contributed by atoms with van der Waals surface area (Å²) in [5.74, 6) is 2.02. The topological polar surface area (TPSA) is 62.0 Å². The number of halogens is 1. The highest BCUT2D eigenvalue weighted by Crippen LogP contribution is 2.42. The first kappa shape index (κ1) is 24.7. The zero-order chi connectivity index (χ0) is 26.4. The Labute approximate surface area is 232 Å². The van der Waals surface area contributed by atoms with Crippen LogP contribution in [0, 0.1) is 0 Å². The van der Waals surface area contributed by atoms with E-state index in [0.717, 1.165) is 51.0 Å². The van der Waals surface area contributed by atoms with Crippen molar-refractivity contribution in [1.29, 1.82) is 0 Å². The Bertz CT molecular complexity index is 1790. The smallest absolute Gasteiger partial charge is 0.271 e. The number of methoxy groups -OCH3 is 3. The van der Waals surface area contributed by atoms with Crippen molar-refractivity contribution >= 4 is 39.0 Å². The Morgan fingerprint density at radius 1 is 0.947 bits per heavy atom. The number of allylic oxidation sites excluding steroid dienone is 1. The molecule has 38 heavy (non-hydrogen) atoms. The van der Waals surface area contributed by atoms with Crippen LogP contribution in [0.2, 0.25) is 0 Å². The van der Waals surface area contributed by atoms with Crippen molar-refractivity contribution in [2.45, 2.75) is 18.9 Å². The molecule has 3 aromatic carbocycles. The van der Waals surface area contributed by atoms with Gasteiger partial charge in [0, 0.05) is 5.56 Å². The van der Waals surface area contributed by atoms with Crippen LogP contribution in [0.5, 0.6) is 17.2 Å². The van der Waals surface area contributed by atoms with E-state index in [9.17, 15) is 4.79 Å². The molecule has 4 aromatic rings. The van der Waals surface area contributed by atoms with Crippen LogP contribution in [0.25, 0.3) is 11.8 Å². The predicted molar refractivity (Wildman–Crippen MR) is 153 cm³/mol. The van der Waals surface area contributed by atoms with Gasteiger partial charge >= 0.3 is 0 Å². The summed E-state index contributed by atoms with van der Waals surface area (Å²) in [5, 5.41) is 0. The maximum Gasteiger partial charge on any atom is 0.271 e. The van der Waals surface area contributed by atoms with Gasteiger partial charge in [0.15, 0.2) is 16.3 Å². The molecule has 1 aromatic heterocycles. The van der Waals surface area contributed by atoms with E-state index >= 15 is 0 Å². The van der Waals surface area contributed by atoms with Crippen LogP contribution in [0.1, 0.15) is 34.7 Å². The summed E-state index contributed by atoms with van der Waals surface area (Å²) in [7, 11) is 4.88. The summed E-state index contributed by atoms with van der Waals surface area (Å²) >= 11 is 4.96. The van der Waals surface area contributed by atoms with Gasteiger partial charge in [0.05, 0.1) is 42.1 Å². The van der Waals surface area contributed by atoms with Gasteiger partial charge in [0.25, 0.3) is 5.56 Å². The first-order chi connectivity index (χ1) is 18.5. The number of aryl methyl sites for hydroxylation is 1. The monoisotopic (exact) mass is 588 g/mol. The van der Waals surface area contributed by atoms with E-state index in [4.69, 9.17) is 19.2 Å². The van der Waals surface area contributed by atoms with Crippen molar-refractivity contribution in [3.63, 3.8) is 0 Å². The Hall–Kier alpha value is -3.62. The van der Waals surface area contributed by atoms with Crippen LogP contribution >= 0.6 is 27.3 Å². The number of ether oxygens (including phenoxy) is 3. The lowest BCUT2D eigenvalue weighted by atomic mass is 9.83. The SMILES string of the molecule is COc1ccc(/C=c2\sc3n(c2=O)[C@@H](c2ccc(OC)c(OC)c2)C2=C(N=3)c3ccccc3CC2)cc1Br. The maximum atomic E-state index is 14.0. The number of fused-ring (bicyclic) bond motifs is 3. The Kier molecular flexibility index (Phi) is 6.45. The normalized spacial score (nSPS) is 16.3. The molecule has 0 fully saturated rings. The summed E-state index contributed by atoms with van der Waals surface area (Å²) in [5.41, 5.74) is 6.32. The fourth-order valence-electron chi connectivity index (χ4n) is 5.27. The minimum Gasteiger partial charge on any atom is -0.496 e. The molecule has 0 unspecified atom stereocenters. The summed E-state index contributed by atoms with van der Waals surface area (Å²) in [6.07, 6.45) is 3.64. The second kappa shape index (κ2) is 9.93. The molecule has 1 aliphatic carbocycles. The summed E-state index contributed by atoms with van der Waals surface area (Å²) < 4.78 is 19.8. The highest BCUT2D eigenvalue weighted by atomic mass is 79.9. The minimum atomic E-state index is -0.292. The van der Waals surface area contributed by atoms with Crippen LogP contribution in [0.3, 0.4) is 0 Å². The van der Waals surface area contributed by atoms with E-state index < -0.39 is 0 Å². The molecular formula is C30H25BrN2O4S. The zero-order valence-corrected chi connectivity index (χ0v) is 23.6. The molecule has 6 nitrogen and oxygen atoms in total. The summed E-state index contributed by atoms with van der Waals surface area (Å²) in [6.45, 7) is 0. The number of hydrogen-bond acceptors (Lipinski definition) is 6. The molecule has 0 saturated heterocycles. The van der Waals surface area contributed by atoms with Crippen molar-refractivity contribution in [3.8, 4) is 17.2 Å².